The molecule has 6 rings (SSSR count). The minimum atomic E-state index is -0.438. The highest BCUT2D eigenvalue weighted by molar-refractivity contribution is 7.98. The van der Waals surface area contributed by atoms with Crippen LogP contribution in [0, 0.1) is 52.8 Å². The number of Topliss-reactive ketones (excluding diaryl/α,β-unsaturated/α-hetero) is 1. The second kappa shape index (κ2) is 7.09. The molecule has 5 heteroatoms. The molecular weight excluding hydrogens is 404 g/mol. The molecule has 1 aromatic rings. The number of fused-ring (bicyclic) bond motifs is 7. The zero-order chi connectivity index (χ0) is 21.5. The Kier molecular flexibility index (Phi) is 4.75. The number of carbonyl (C=O) groups excluding carboxylic acids is 1. The molecule has 5 saturated carbocycles. The predicted molar refractivity (Wildman–Crippen MR) is 123 cm³/mol. The first kappa shape index (κ1) is 20.8. The summed E-state index contributed by atoms with van der Waals surface area (Å²) in [4.78, 5) is 14.7. The van der Waals surface area contributed by atoms with Gasteiger partial charge in [0.05, 0.1) is 18.3 Å². The van der Waals surface area contributed by atoms with Gasteiger partial charge in [0, 0.05) is 17.0 Å². The summed E-state index contributed by atoms with van der Waals surface area (Å²) in [5.74, 6) is 6.10. The molecule has 31 heavy (non-hydrogen) atoms. The van der Waals surface area contributed by atoms with E-state index in [4.69, 9.17) is 0 Å². The molecule has 5 aliphatic rings. The van der Waals surface area contributed by atoms with Crippen molar-refractivity contribution in [3.8, 4) is 0 Å². The lowest BCUT2D eigenvalue weighted by molar-refractivity contribution is -0.136. The smallest absolute Gasteiger partial charge is 0.158 e. The van der Waals surface area contributed by atoms with Gasteiger partial charge in [0.1, 0.15) is 0 Å². The predicted octanol–water partition coefficient (Wildman–Crippen LogP) is 5.05. The highest BCUT2D eigenvalue weighted by atomic mass is 32.2. The van der Waals surface area contributed by atoms with Crippen LogP contribution in [0.5, 0.6) is 0 Å². The lowest BCUT2D eigenvalue weighted by atomic mass is 9.48. The Balaban J connectivity index is 1.22. The SMILES string of the molecule is CSc1cnn(CC(=O)[C@H]2[C@H]3C[C@H]3[C@H]3[C@@H]4CCC5C[C@](C)(O)CC[C@@H]5[C@H]4CC[C@@]32C)c1. The van der Waals surface area contributed by atoms with Gasteiger partial charge in [-0.15, -0.1) is 11.8 Å². The van der Waals surface area contributed by atoms with E-state index in [1.54, 1.807) is 11.8 Å². The minimum absolute atomic E-state index is 0.203. The van der Waals surface area contributed by atoms with Gasteiger partial charge in [0.2, 0.25) is 0 Å². The number of thioether (sulfide) groups is 1. The van der Waals surface area contributed by atoms with Gasteiger partial charge in [-0.3, -0.25) is 9.48 Å². The second-order valence-corrected chi connectivity index (χ2v) is 13.1. The molecular formula is C26H38N2O2S. The standard InChI is InChI=1S/C26H38N2O2S/c1-25(30)8-6-17-15(11-25)4-5-19-18(17)7-9-26(2)23(19)20-10-21(20)24(26)22(29)14-28-13-16(31-3)12-27-28/h12-13,15,17-21,23-24,30H,4-11,14H2,1-3H3/t15?,17-,18+,19+,20+,21-,23+,24+,25+,26-/m0/s1. The lowest BCUT2D eigenvalue weighted by Gasteiger charge is -2.57. The molecule has 4 nitrogen and oxygen atoms in total. The fraction of sp³-hybridized carbons (Fsp3) is 0.846. The van der Waals surface area contributed by atoms with Crippen LogP contribution in [-0.2, 0) is 11.3 Å². The second-order valence-electron chi connectivity index (χ2n) is 12.2. The van der Waals surface area contributed by atoms with Crippen molar-refractivity contribution in [3.05, 3.63) is 12.4 Å². The molecule has 1 aromatic heterocycles. The molecule has 0 radical (unpaired) electrons. The quantitative estimate of drug-likeness (QED) is 0.663. The Morgan fingerprint density at radius 1 is 1.13 bits per heavy atom. The Labute approximate surface area is 190 Å². The molecule has 1 unspecified atom stereocenters. The van der Waals surface area contributed by atoms with E-state index >= 15 is 0 Å². The van der Waals surface area contributed by atoms with E-state index in [1.807, 2.05) is 17.1 Å². The minimum Gasteiger partial charge on any atom is -0.390 e. The molecule has 0 amide bonds. The van der Waals surface area contributed by atoms with Crippen molar-refractivity contribution in [2.45, 2.75) is 82.3 Å². The normalized spacial score (nSPS) is 50.2. The largest absolute Gasteiger partial charge is 0.390 e. The van der Waals surface area contributed by atoms with E-state index in [0.29, 0.717) is 18.2 Å². The van der Waals surface area contributed by atoms with E-state index in [1.165, 1.54) is 38.5 Å². The van der Waals surface area contributed by atoms with Gasteiger partial charge >= 0.3 is 0 Å². The summed E-state index contributed by atoms with van der Waals surface area (Å²) in [6.07, 6.45) is 15.6. The Bertz CT molecular complexity index is 881. The molecule has 1 heterocycles. The molecule has 5 fully saturated rings. The van der Waals surface area contributed by atoms with Crippen LogP contribution in [0.25, 0.3) is 0 Å². The van der Waals surface area contributed by atoms with Crippen LogP contribution in [0.3, 0.4) is 0 Å². The van der Waals surface area contributed by atoms with Gasteiger partial charge in [-0.25, -0.2) is 0 Å². The summed E-state index contributed by atoms with van der Waals surface area (Å²) in [7, 11) is 0. The van der Waals surface area contributed by atoms with Crippen LogP contribution in [0.2, 0.25) is 0 Å². The summed E-state index contributed by atoms with van der Waals surface area (Å²) in [6.45, 7) is 4.98. The van der Waals surface area contributed by atoms with Crippen LogP contribution < -0.4 is 0 Å². The van der Waals surface area contributed by atoms with Gasteiger partial charge in [0.15, 0.2) is 5.78 Å². The molecule has 0 bridgehead atoms. The maximum atomic E-state index is 13.6. The van der Waals surface area contributed by atoms with E-state index in [-0.39, 0.29) is 11.3 Å². The summed E-state index contributed by atoms with van der Waals surface area (Å²) >= 11 is 1.69. The average molecular weight is 443 g/mol. The third-order valence-electron chi connectivity index (χ3n) is 10.5. The van der Waals surface area contributed by atoms with Crippen molar-refractivity contribution in [1.82, 2.24) is 9.78 Å². The molecule has 0 saturated heterocycles. The van der Waals surface area contributed by atoms with Crippen LogP contribution in [0.4, 0.5) is 0 Å². The van der Waals surface area contributed by atoms with Crippen molar-refractivity contribution in [2.24, 2.45) is 52.8 Å². The van der Waals surface area contributed by atoms with E-state index < -0.39 is 5.60 Å². The van der Waals surface area contributed by atoms with E-state index in [2.05, 4.69) is 25.2 Å². The first-order valence-corrected chi connectivity index (χ1v) is 13.8. The van der Waals surface area contributed by atoms with E-state index in [9.17, 15) is 9.90 Å². The highest BCUT2D eigenvalue weighted by Gasteiger charge is 2.70. The average Bonchev–Trinajstić information content (AvgIpc) is 3.23. The molecule has 0 aromatic carbocycles. The van der Waals surface area contributed by atoms with E-state index in [0.717, 1.165) is 53.2 Å². The number of aromatic nitrogens is 2. The van der Waals surface area contributed by atoms with Gasteiger partial charge in [-0.05, 0) is 111 Å². The van der Waals surface area contributed by atoms with Gasteiger partial charge < -0.3 is 5.11 Å². The van der Waals surface area contributed by atoms with Gasteiger partial charge in [-0.1, -0.05) is 6.92 Å². The number of aliphatic hydroxyl groups is 1. The number of hydrogen-bond acceptors (Lipinski definition) is 4. The summed E-state index contributed by atoms with van der Waals surface area (Å²) in [5.41, 5.74) is -0.236. The number of hydrogen-bond donors (Lipinski definition) is 1. The third-order valence-corrected chi connectivity index (χ3v) is 11.2. The monoisotopic (exact) mass is 442 g/mol. The molecule has 0 spiro atoms. The number of nitrogens with zero attached hydrogens (tertiary/aromatic N) is 2. The fourth-order valence-electron chi connectivity index (χ4n) is 9.45. The Hall–Kier alpha value is -0.810. The van der Waals surface area contributed by atoms with Crippen molar-refractivity contribution in [2.75, 3.05) is 6.26 Å². The Morgan fingerprint density at radius 2 is 1.94 bits per heavy atom. The summed E-state index contributed by atoms with van der Waals surface area (Å²) < 4.78 is 1.87. The first-order chi connectivity index (χ1) is 14.8. The molecule has 170 valence electrons. The summed E-state index contributed by atoms with van der Waals surface area (Å²) in [6, 6.07) is 0. The van der Waals surface area contributed by atoms with Crippen molar-refractivity contribution < 1.29 is 9.90 Å². The lowest BCUT2D eigenvalue weighted by Crippen LogP contribution is -2.52. The topological polar surface area (TPSA) is 55.1 Å². The molecule has 0 aliphatic heterocycles. The van der Waals surface area contributed by atoms with Gasteiger partial charge in [0.25, 0.3) is 0 Å². The highest BCUT2D eigenvalue weighted by Crippen LogP contribution is 2.74. The van der Waals surface area contributed by atoms with Crippen LogP contribution >= 0.6 is 11.8 Å². The third kappa shape index (κ3) is 3.19. The van der Waals surface area contributed by atoms with Crippen LogP contribution in [-0.4, -0.2) is 32.5 Å². The molecule has 10 atom stereocenters. The zero-order valence-corrected chi connectivity index (χ0v) is 20.1. The molecule has 5 aliphatic carbocycles. The number of ketones is 1. The maximum Gasteiger partial charge on any atom is 0.158 e. The fourth-order valence-corrected chi connectivity index (χ4v) is 9.83. The number of carbonyl (C=O) groups is 1. The van der Waals surface area contributed by atoms with Crippen molar-refractivity contribution in [1.29, 1.82) is 0 Å². The maximum absolute atomic E-state index is 13.6. The molecule has 1 N–H and O–H groups in total. The van der Waals surface area contributed by atoms with Crippen molar-refractivity contribution >= 4 is 17.5 Å². The Morgan fingerprint density at radius 3 is 2.71 bits per heavy atom. The van der Waals surface area contributed by atoms with Gasteiger partial charge in [-0.2, -0.15) is 5.10 Å². The van der Waals surface area contributed by atoms with Crippen LogP contribution in [0.1, 0.15) is 65.2 Å². The number of rotatable bonds is 4. The first-order valence-electron chi connectivity index (χ1n) is 12.6. The zero-order valence-electron chi connectivity index (χ0n) is 19.3. The van der Waals surface area contributed by atoms with Crippen LogP contribution in [0.15, 0.2) is 17.3 Å². The van der Waals surface area contributed by atoms with Crippen molar-refractivity contribution in [3.63, 3.8) is 0 Å². The summed E-state index contributed by atoms with van der Waals surface area (Å²) in [5, 5.41) is 15.1.